The van der Waals surface area contributed by atoms with Gasteiger partial charge in [0.1, 0.15) is 10.4 Å². The lowest BCUT2D eigenvalue weighted by atomic mass is 10.2. The van der Waals surface area contributed by atoms with Crippen molar-refractivity contribution in [1.82, 2.24) is 4.57 Å². The second-order valence-corrected chi connectivity index (χ2v) is 6.63. The molecule has 3 nitrogen and oxygen atoms in total. The zero-order chi connectivity index (χ0) is 14.0. The van der Waals surface area contributed by atoms with Crippen LogP contribution < -0.4 is 0 Å². The normalized spacial score (nSPS) is 13.5. The highest BCUT2D eigenvalue weighted by atomic mass is 79.9. The molecule has 4 heteroatoms. The molecule has 0 aliphatic heterocycles. The number of fused-ring (bicyclic) bond motifs is 1. The van der Waals surface area contributed by atoms with Crippen molar-refractivity contribution in [2.75, 3.05) is 0 Å². The molecule has 0 radical (unpaired) electrons. The quantitative estimate of drug-likeness (QED) is 0.636. The van der Waals surface area contributed by atoms with Crippen molar-refractivity contribution in [3.05, 3.63) is 36.5 Å². The third-order valence-electron chi connectivity index (χ3n) is 2.70. The number of rotatable bonds is 3. The van der Waals surface area contributed by atoms with Gasteiger partial charge < -0.3 is 9.30 Å². The number of hydrogen-bond donors (Lipinski definition) is 0. The summed E-state index contributed by atoms with van der Waals surface area (Å²) in [7, 11) is 0. The van der Waals surface area contributed by atoms with Crippen molar-refractivity contribution in [1.29, 1.82) is 0 Å². The summed E-state index contributed by atoms with van der Waals surface area (Å²) in [6.45, 7) is 6.17. The van der Waals surface area contributed by atoms with Crippen LogP contribution in [-0.2, 0) is 16.1 Å². The maximum atomic E-state index is 11.9. The first-order chi connectivity index (χ1) is 8.87. The summed E-state index contributed by atoms with van der Waals surface area (Å²) in [6, 6.07) is 10.2. The van der Waals surface area contributed by atoms with Gasteiger partial charge in [-0.3, -0.25) is 4.79 Å². The molecule has 1 unspecified atom stereocenters. The van der Waals surface area contributed by atoms with Crippen LogP contribution in [0.3, 0.4) is 0 Å². The molecule has 19 heavy (non-hydrogen) atoms. The van der Waals surface area contributed by atoms with Gasteiger partial charge in [-0.1, -0.05) is 34.1 Å². The molecule has 2 rings (SSSR count). The largest absolute Gasteiger partial charge is 0.459 e. The molecule has 1 aromatic heterocycles. The van der Waals surface area contributed by atoms with Crippen molar-refractivity contribution in [2.24, 2.45) is 0 Å². The molecular weight excluding hydrogens is 306 g/mol. The van der Waals surface area contributed by atoms with Gasteiger partial charge in [0.2, 0.25) is 0 Å². The highest BCUT2D eigenvalue weighted by Crippen LogP contribution is 2.19. The maximum Gasteiger partial charge on any atom is 0.322 e. The number of para-hydroxylation sites is 1. The molecule has 0 bridgehead atoms. The van der Waals surface area contributed by atoms with E-state index in [0.717, 1.165) is 5.52 Å². The number of hydrogen-bond acceptors (Lipinski definition) is 2. The SMILES string of the molecule is CC(C)(C)OC(=O)C(Br)Cn1ccc2ccccc21. The molecular formula is C15H18BrNO2. The minimum Gasteiger partial charge on any atom is -0.459 e. The van der Waals surface area contributed by atoms with E-state index in [1.54, 1.807) is 0 Å². The second-order valence-electron chi connectivity index (χ2n) is 5.53. The van der Waals surface area contributed by atoms with Gasteiger partial charge in [0.15, 0.2) is 0 Å². The molecule has 0 saturated heterocycles. The van der Waals surface area contributed by atoms with Gasteiger partial charge in [-0.25, -0.2) is 0 Å². The van der Waals surface area contributed by atoms with Crippen LogP contribution in [0.4, 0.5) is 0 Å². The lowest BCUT2D eigenvalue weighted by Gasteiger charge is -2.22. The summed E-state index contributed by atoms with van der Waals surface area (Å²) in [6.07, 6.45) is 1.99. The number of ether oxygens (including phenoxy) is 1. The van der Waals surface area contributed by atoms with Gasteiger partial charge in [-0.15, -0.1) is 0 Å². The molecule has 0 N–H and O–H groups in total. The number of halogens is 1. The van der Waals surface area contributed by atoms with Crippen LogP contribution in [-0.4, -0.2) is 21.0 Å². The van der Waals surface area contributed by atoms with Crippen LogP contribution in [0.2, 0.25) is 0 Å². The molecule has 102 valence electrons. The number of esters is 1. The number of alkyl halides is 1. The molecule has 1 heterocycles. The topological polar surface area (TPSA) is 31.2 Å². The molecule has 2 aromatic rings. The van der Waals surface area contributed by atoms with Gasteiger partial charge in [0.05, 0.1) is 0 Å². The first kappa shape index (κ1) is 14.1. The Morgan fingerprint density at radius 3 is 2.68 bits per heavy atom. The Morgan fingerprint density at radius 2 is 2.00 bits per heavy atom. The molecule has 0 aliphatic carbocycles. The van der Waals surface area contributed by atoms with Gasteiger partial charge in [0.25, 0.3) is 0 Å². The van der Waals surface area contributed by atoms with E-state index in [4.69, 9.17) is 4.74 Å². The van der Waals surface area contributed by atoms with E-state index in [9.17, 15) is 4.79 Å². The Kier molecular flexibility index (Phi) is 3.99. The molecule has 0 saturated carbocycles. The van der Waals surface area contributed by atoms with Gasteiger partial charge >= 0.3 is 5.97 Å². The van der Waals surface area contributed by atoms with E-state index in [0.29, 0.717) is 6.54 Å². The molecule has 0 aliphatic rings. The lowest BCUT2D eigenvalue weighted by molar-refractivity contribution is -0.154. The van der Waals surface area contributed by atoms with Crippen LogP contribution in [0.1, 0.15) is 20.8 Å². The fourth-order valence-corrected chi connectivity index (χ4v) is 2.32. The Hall–Kier alpha value is -1.29. The average Bonchev–Trinajstić information content (AvgIpc) is 2.70. The number of carbonyl (C=O) groups excluding carboxylic acids is 1. The van der Waals surface area contributed by atoms with E-state index < -0.39 is 5.60 Å². The summed E-state index contributed by atoms with van der Waals surface area (Å²) in [4.78, 5) is 11.6. The lowest BCUT2D eigenvalue weighted by Crippen LogP contribution is -2.31. The number of aromatic nitrogens is 1. The fourth-order valence-electron chi connectivity index (χ4n) is 1.91. The molecule has 0 amide bonds. The predicted molar refractivity (Wildman–Crippen MR) is 80.5 cm³/mol. The minimum absolute atomic E-state index is 0.231. The Balaban J connectivity index is 2.10. The van der Waals surface area contributed by atoms with Gasteiger partial charge in [-0.05, 0) is 38.3 Å². The van der Waals surface area contributed by atoms with Crippen LogP contribution >= 0.6 is 15.9 Å². The third kappa shape index (κ3) is 3.60. The highest BCUT2D eigenvalue weighted by molar-refractivity contribution is 9.10. The van der Waals surface area contributed by atoms with Crippen LogP contribution in [0.5, 0.6) is 0 Å². The Bertz CT molecular complexity index is 583. The van der Waals surface area contributed by atoms with Crippen LogP contribution in [0.25, 0.3) is 10.9 Å². The smallest absolute Gasteiger partial charge is 0.322 e. The average molecular weight is 324 g/mol. The third-order valence-corrected chi connectivity index (χ3v) is 3.36. The van der Waals surface area contributed by atoms with Crippen LogP contribution in [0, 0.1) is 0 Å². The van der Waals surface area contributed by atoms with E-state index >= 15 is 0 Å². The van der Waals surface area contributed by atoms with Crippen LogP contribution in [0.15, 0.2) is 36.5 Å². The Labute approximate surface area is 121 Å². The minimum atomic E-state index is -0.456. The number of benzene rings is 1. The standard InChI is InChI=1S/C15H18BrNO2/c1-15(2,3)19-14(18)12(16)10-17-9-8-11-6-4-5-7-13(11)17/h4-9,12H,10H2,1-3H3. The second kappa shape index (κ2) is 5.37. The van der Waals surface area contributed by atoms with Crippen molar-refractivity contribution in [2.45, 2.75) is 37.7 Å². The first-order valence-electron chi connectivity index (χ1n) is 6.27. The molecule has 0 fully saturated rings. The predicted octanol–water partition coefficient (Wildman–Crippen LogP) is 3.75. The van der Waals surface area contributed by atoms with Crippen molar-refractivity contribution in [3.63, 3.8) is 0 Å². The number of nitrogens with zero attached hydrogens (tertiary/aromatic N) is 1. The van der Waals surface area contributed by atoms with E-state index in [2.05, 4.69) is 26.6 Å². The van der Waals surface area contributed by atoms with Gasteiger partial charge in [0, 0.05) is 18.3 Å². The zero-order valence-corrected chi connectivity index (χ0v) is 13.0. The summed E-state index contributed by atoms with van der Waals surface area (Å²) < 4.78 is 7.42. The Morgan fingerprint density at radius 1 is 1.32 bits per heavy atom. The summed E-state index contributed by atoms with van der Waals surface area (Å²) in [5.74, 6) is -0.231. The van der Waals surface area contributed by atoms with E-state index in [-0.39, 0.29) is 10.8 Å². The van der Waals surface area contributed by atoms with E-state index in [1.165, 1.54) is 5.39 Å². The summed E-state index contributed by atoms with van der Waals surface area (Å²) in [5.41, 5.74) is 0.664. The van der Waals surface area contributed by atoms with Gasteiger partial charge in [-0.2, -0.15) is 0 Å². The van der Waals surface area contributed by atoms with Crippen molar-refractivity contribution in [3.8, 4) is 0 Å². The highest BCUT2D eigenvalue weighted by Gasteiger charge is 2.23. The number of carbonyl (C=O) groups is 1. The maximum absolute atomic E-state index is 11.9. The summed E-state index contributed by atoms with van der Waals surface area (Å²) >= 11 is 3.41. The molecule has 1 aromatic carbocycles. The zero-order valence-electron chi connectivity index (χ0n) is 11.4. The fraction of sp³-hybridized carbons (Fsp3) is 0.400. The summed E-state index contributed by atoms with van der Waals surface area (Å²) in [5, 5.41) is 1.17. The monoisotopic (exact) mass is 323 g/mol. The van der Waals surface area contributed by atoms with Crippen molar-refractivity contribution >= 4 is 32.8 Å². The van der Waals surface area contributed by atoms with E-state index in [1.807, 2.05) is 51.2 Å². The van der Waals surface area contributed by atoms with Crippen molar-refractivity contribution < 1.29 is 9.53 Å². The molecule has 0 spiro atoms. The first-order valence-corrected chi connectivity index (χ1v) is 7.19. The molecule has 1 atom stereocenters.